The van der Waals surface area contributed by atoms with Crippen LogP contribution in [0.25, 0.3) is 0 Å². The lowest BCUT2D eigenvalue weighted by Crippen LogP contribution is -2.11. The summed E-state index contributed by atoms with van der Waals surface area (Å²) in [6, 6.07) is 13.5. The Morgan fingerprint density at radius 3 is 2.14 bits per heavy atom. The smallest absolute Gasteiger partial charge is 0.0237 e. The minimum absolute atomic E-state index is 0.956. The van der Waals surface area contributed by atoms with Crippen LogP contribution >= 0.6 is 11.8 Å². The molecule has 0 bridgehead atoms. The van der Waals surface area contributed by atoms with Gasteiger partial charge in [0.25, 0.3) is 0 Å². The molecular weight excluding hydrogens is 274 g/mol. The second-order valence-corrected chi connectivity index (χ2v) is 6.64. The van der Waals surface area contributed by atoms with Crippen molar-refractivity contribution < 1.29 is 0 Å². The Hall–Kier alpha value is -1.25. The number of hydrogen-bond donors (Lipinski definition) is 1. The van der Waals surface area contributed by atoms with Crippen molar-refractivity contribution in [1.29, 1.82) is 0 Å². The number of hydrogen-bond acceptors (Lipinski definition) is 2. The number of aryl methyl sites for hydroxylation is 3. The Bertz CT molecular complexity index is 564. The van der Waals surface area contributed by atoms with E-state index in [0.717, 1.165) is 18.8 Å². The molecule has 0 heterocycles. The molecule has 2 rings (SSSR count). The topological polar surface area (TPSA) is 12.0 Å². The molecule has 0 saturated heterocycles. The lowest BCUT2D eigenvalue weighted by Gasteiger charge is -2.11. The molecule has 0 saturated carbocycles. The van der Waals surface area contributed by atoms with E-state index in [2.05, 4.69) is 69.4 Å². The maximum atomic E-state index is 3.36. The predicted octanol–water partition coefficient (Wildman–Crippen LogP) is 5.01. The van der Waals surface area contributed by atoms with Crippen LogP contribution in [-0.4, -0.2) is 6.54 Å². The third kappa shape index (κ3) is 4.62. The first-order chi connectivity index (χ1) is 10.1. The summed E-state index contributed by atoms with van der Waals surface area (Å²) in [4.78, 5) is 1.34. The van der Waals surface area contributed by atoms with Crippen molar-refractivity contribution in [3.8, 4) is 0 Å². The van der Waals surface area contributed by atoms with Gasteiger partial charge >= 0.3 is 0 Å². The van der Waals surface area contributed by atoms with E-state index < -0.39 is 0 Å². The summed E-state index contributed by atoms with van der Waals surface area (Å²) in [5, 5.41) is 3.36. The zero-order chi connectivity index (χ0) is 15.2. The van der Waals surface area contributed by atoms with Crippen LogP contribution in [0.1, 0.15) is 34.7 Å². The Morgan fingerprint density at radius 2 is 1.57 bits per heavy atom. The first-order valence-corrected chi connectivity index (χ1v) is 8.58. The second-order valence-electron chi connectivity index (χ2n) is 5.59. The van der Waals surface area contributed by atoms with Crippen molar-refractivity contribution in [1.82, 2.24) is 5.32 Å². The van der Waals surface area contributed by atoms with E-state index >= 15 is 0 Å². The fourth-order valence-corrected chi connectivity index (χ4v) is 3.66. The summed E-state index contributed by atoms with van der Waals surface area (Å²) >= 11 is 1.92. The molecule has 2 heteroatoms. The summed E-state index contributed by atoms with van der Waals surface area (Å²) in [7, 11) is 0. The monoisotopic (exact) mass is 299 g/mol. The van der Waals surface area contributed by atoms with Gasteiger partial charge in [0.15, 0.2) is 0 Å². The molecule has 21 heavy (non-hydrogen) atoms. The van der Waals surface area contributed by atoms with Crippen LogP contribution in [0.2, 0.25) is 0 Å². The van der Waals surface area contributed by atoms with E-state index in [-0.39, 0.29) is 0 Å². The number of rotatable bonds is 6. The van der Waals surface area contributed by atoms with Gasteiger partial charge in [0.2, 0.25) is 0 Å². The summed E-state index contributed by atoms with van der Waals surface area (Å²) in [5.74, 6) is 1.05. The number of thioether (sulfide) groups is 1. The van der Waals surface area contributed by atoms with Crippen molar-refractivity contribution in [2.24, 2.45) is 0 Å². The van der Waals surface area contributed by atoms with Crippen molar-refractivity contribution in [3.63, 3.8) is 0 Å². The second kappa shape index (κ2) is 7.67. The molecule has 0 radical (unpaired) electrons. The molecule has 0 amide bonds. The molecule has 0 spiro atoms. The summed E-state index contributed by atoms with van der Waals surface area (Å²) in [6.07, 6.45) is 0. The minimum atomic E-state index is 0.956. The van der Waals surface area contributed by atoms with Gasteiger partial charge in [-0.25, -0.2) is 0 Å². The molecule has 1 N–H and O–H groups in total. The van der Waals surface area contributed by atoms with E-state index in [9.17, 15) is 0 Å². The SMILES string of the molecule is CCNCc1ccc(SCc2c(C)cc(C)cc2C)cc1. The van der Waals surface area contributed by atoms with Crippen LogP contribution in [0.3, 0.4) is 0 Å². The summed E-state index contributed by atoms with van der Waals surface area (Å²) in [6.45, 7) is 10.7. The third-order valence-corrected chi connectivity index (χ3v) is 4.76. The highest BCUT2D eigenvalue weighted by Gasteiger charge is 2.05. The van der Waals surface area contributed by atoms with Crippen molar-refractivity contribution in [3.05, 3.63) is 64.2 Å². The van der Waals surface area contributed by atoms with Gasteiger partial charge in [0, 0.05) is 17.2 Å². The van der Waals surface area contributed by atoms with E-state index in [1.807, 2.05) is 11.8 Å². The van der Waals surface area contributed by atoms with Crippen molar-refractivity contribution in [2.45, 2.75) is 44.9 Å². The fraction of sp³-hybridized carbons (Fsp3) is 0.368. The van der Waals surface area contributed by atoms with E-state index in [1.54, 1.807) is 0 Å². The quantitative estimate of drug-likeness (QED) is 0.752. The normalized spacial score (nSPS) is 10.9. The van der Waals surface area contributed by atoms with Crippen LogP contribution in [-0.2, 0) is 12.3 Å². The lowest BCUT2D eigenvalue weighted by molar-refractivity contribution is 0.726. The van der Waals surface area contributed by atoms with Gasteiger partial charge in [0.1, 0.15) is 0 Å². The first-order valence-electron chi connectivity index (χ1n) is 7.59. The van der Waals surface area contributed by atoms with Crippen LogP contribution in [0.4, 0.5) is 0 Å². The first kappa shape index (κ1) is 16.1. The Kier molecular flexibility index (Phi) is 5.89. The van der Waals surface area contributed by atoms with Crippen LogP contribution < -0.4 is 5.32 Å². The van der Waals surface area contributed by atoms with Gasteiger partial charge in [-0.05, 0) is 61.7 Å². The highest BCUT2D eigenvalue weighted by molar-refractivity contribution is 7.98. The molecule has 2 aromatic rings. The molecule has 0 aliphatic carbocycles. The van der Waals surface area contributed by atoms with Gasteiger partial charge in [0.05, 0.1) is 0 Å². The molecule has 0 aliphatic rings. The Balaban J connectivity index is 2.00. The van der Waals surface area contributed by atoms with Gasteiger partial charge in [-0.15, -0.1) is 11.8 Å². The molecule has 2 aromatic carbocycles. The molecule has 0 atom stereocenters. The summed E-state index contributed by atoms with van der Waals surface area (Å²) in [5.41, 5.74) is 6.99. The average Bonchev–Trinajstić information content (AvgIpc) is 2.45. The number of benzene rings is 2. The Labute approximate surface area is 133 Å². The molecule has 1 nitrogen and oxygen atoms in total. The van der Waals surface area contributed by atoms with E-state index in [0.29, 0.717) is 0 Å². The van der Waals surface area contributed by atoms with Gasteiger partial charge in [-0.2, -0.15) is 0 Å². The molecule has 0 fully saturated rings. The zero-order valence-electron chi connectivity index (χ0n) is 13.5. The largest absolute Gasteiger partial charge is 0.313 e. The van der Waals surface area contributed by atoms with Gasteiger partial charge in [-0.3, -0.25) is 0 Å². The van der Waals surface area contributed by atoms with Gasteiger partial charge in [-0.1, -0.05) is 36.8 Å². The van der Waals surface area contributed by atoms with Crippen molar-refractivity contribution >= 4 is 11.8 Å². The highest BCUT2D eigenvalue weighted by atomic mass is 32.2. The van der Waals surface area contributed by atoms with E-state index in [1.165, 1.54) is 32.7 Å². The molecular formula is C19H25NS. The van der Waals surface area contributed by atoms with Crippen LogP contribution in [0, 0.1) is 20.8 Å². The standard InChI is InChI=1S/C19H25NS/c1-5-20-12-17-6-8-18(9-7-17)21-13-19-15(3)10-14(2)11-16(19)4/h6-11,20H,5,12-13H2,1-4H3. The number of nitrogens with one attached hydrogen (secondary N) is 1. The molecule has 0 aliphatic heterocycles. The molecule has 112 valence electrons. The lowest BCUT2D eigenvalue weighted by atomic mass is 10.0. The fourth-order valence-electron chi connectivity index (χ4n) is 2.57. The van der Waals surface area contributed by atoms with Crippen molar-refractivity contribution in [2.75, 3.05) is 6.54 Å². The maximum Gasteiger partial charge on any atom is 0.0237 e. The predicted molar refractivity (Wildman–Crippen MR) is 94.0 cm³/mol. The van der Waals surface area contributed by atoms with E-state index in [4.69, 9.17) is 0 Å². The summed E-state index contributed by atoms with van der Waals surface area (Å²) < 4.78 is 0. The maximum absolute atomic E-state index is 3.36. The van der Waals surface area contributed by atoms with Gasteiger partial charge < -0.3 is 5.32 Å². The zero-order valence-corrected chi connectivity index (χ0v) is 14.3. The van der Waals surface area contributed by atoms with Crippen LogP contribution in [0.15, 0.2) is 41.3 Å². The average molecular weight is 299 g/mol. The minimum Gasteiger partial charge on any atom is -0.313 e. The highest BCUT2D eigenvalue weighted by Crippen LogP contribution is 2.27. The molecule has 0 unspecified atom stereocenters. The Morgan fingerprint density at radius 1 is 0.952 bits per heavy atom. The van der Waals surface area contributed by atoms with Crippen LogP contribution in [0.5, 0.6) is 0 Å². The molecule has 0 aromatic heterocycles. The third-order valence-electron chi connectivity index (χ3n) is 3.73.